The van der Waals surface area contributed by atoms with Crippen LogP contribution >= 0.6 is 0 Å². The second-order valence-corrected chi connectivity index (χ2v) is 8.24. The van der Waals surface area contributed by atoms with Gasteiger partial charge in [-0.05, 0) is 42.0 Å². The fraction of sp³-hybridized carbons (Fsp3) is 0.0952. The molecule has 0 saturated carbocycles. The molecule has 0 fully saturated rings. The van der Waals surface area contributed by atoms with E-state index < -0.39 is 26.4 Å². The number of hydrogen-bond donors (Lipinski definition) is 0. The number of carbonyl (C=O) groups excluding carboxylic acids is 1. The molecular weight excluding hydrogens is 410 g/mol. The van der Waals surface area contributed by atoms with Crippen LogP contribution in [-0.4, -0.2) is 26.4 Å². The molecule has 0 bridgehead atoms. The second kappa shape index (κ2) is 8.75. The fourth-order valence-corrected chi connectivity index (χ4v) is 4.09. The fourth-order valence-electron chi connectivity index (χ4n) is 2.73. The van der Waals surface area contributed by atoms with Crippen molar-refractivity contribution in [1.29, 1.82) is 0 Å². The quantitative estimate of drug-likeness (QED) is 0.244. The molecule has 0 aliphatic carbocycles. The van der Waals surface area contributed by atoms with Crippen molar-refractivity contribution in [2.75, 3.05) is 7.11 Å². The van der Waals surface area contributed by atoms with Crippen molar-refractivity contribution in [3.63, 3.8) is 0 Å². The maximum atomic E-state index is 12.6. The molecule has 3 aromatic rings. The number of rotatable bonds is 7. The van der Waals surface area contributed by atoms with Gasteiger partial charge in [0, 0.05) is 0 Å². The van der Waals surface area contributed by atoms with Gasteiger partial charge in [-0.15, -0.1) is 0 Å². The van der Waals surface area contributed by atoms with Gasteiger partial charge < -0.3 is 9.47 Å². The smallest absolute Gasteiger partial charge is 0.343 e. The molecule has 0 N–H and O–H groups in total. The van der Waals surface area contributed by atoms with Crippen molar-refractivity contribution in [3.05, 3.63) is 94.0 Å². The summed E-state index contributed by atoms with van der Waals surface area (Å²) >= 11 is 0. The molecular formula is C21H17NO7S. The van der Waals surface area contributed by atoms with Crippen LogP contribution in [0.15, 0.2) is 77.7 Å². The average Bonchev–Trinajstić information content (AvgIpc) is 2.74. The predicted molar refractivity (Wildman–Crippen MR) is 108 cm³/mol. The first-order chi connectivity index (χ1) is 14.3. The molecule has 3 rings (SSSR count). The Labute approximate surface area is 172 Å². The zero-order valence-corrected chi connectivity index (χ0v) is 16.7. The van der Waals surface area contributed by atoms with Crippen molar-refractivity contribution in [3.8, 4) is 11.5 Å². The molecule has 154 valence electrons. The molecule has 30 heavy (non-hydrogen) atoms. The van der Waals surface area contributed by atoms with Crippen molar-refractivity contribution in [2.45, 2.75) is 10.6 Å². The van der Waals surface area contributed by atoms with Gasteiger partial charge >= 0.3 is 11.7 Å². The molecule has 0 aliphatic rings. The molecule has 0 saturated heterocycles. The van der Waals surface area contributed by atoms with Gasteiger partial charge in [0.1, 0.15) is 5.75 Å². The van der Waals surface area contributed by atoms with Crippen LogP contribution < -0.4 is 9.47 Å². The van der Waals surface area contributed by atoms with Crippen LogP contribution in [-0.2, 0) is 15.6 Å². The second-order valence-electron chi connectivity index (χ2n) is 6.25. The molecule has 3 aromatic carbocycles. The van der Waals surface area contributed by atoms with Crippen molar-refractivity contribution >= 4 is 21.5 Å². The Morgan fingerprint density at radius 3 is 2.40 bits per heavy atom. The first kappa shape index (κ1) is 21.0. The number of hydrogen-bond acceptors (Lipinski definition) is 7. The third-order valence-corrected chi connectivity index (χ3v) is 5.89. The van der Waals surface area contributed by atoms with Crippen LogP contribution in [0.25, 0.3) is 0 Å². The summed E-state index contributed by atoms with van der Waals surface area (Å²) in [6.45, 7) is 0. The molecule has 0 aliphatic heterocycles. The van der Waals surface area contributed by atoms with Gasteiger partial charge in [-0.2, -0.15) is 0 Å². The number of carbonyl (C=O) groups is 1. The Kier molecular flexibility index (Phi) is 6.12. The highest BCUT2D eigenvalue weighted by atomic mass is 32.2. The number of sulfone groups is 1. The Bertz CT molecular complexity index is 1190. The molecule has 9 heteroatoms. The van der Waals surface area contributed by atoms with Gasteiger partial charge in [0.2, 0.25) is 5.75 Å². The first-order valence-electron chi connectivity index (χ1n) is 8.71. The number of ether oxygens (including phenoxy) is 2. The summed E-state index contributed by atoms with van der Waals surface area (Å²) in [4.78, 5) is 23.2. The standard InChI is InChI=1S/C21H17NO7S/c1-28-17-10-11-20(19(13-17)22(24)25)29-21(23)16-7-5-6-15(12-16)14-30(26,27)18-8-3-2-4-9-18/h2-13H,14H2,1H3. The van der Waals surface area contributed by atoms with Crippen LogP contribution in [0.5, 0.6) is 11.5 Å². The van der Waals surface area contributed by atoms with Crippen LogP contribution in [0, 0.1) is 10.1 Å². The van der Waals surface area contributed by atoms with E-state index in [1.54, 1.807) is 24.3 Å². The van der Waals surface area contributed by atoms with E-state index in [2.05, 4.69) is 0 Å². The number of esters is 1. The maximum absolute atomic E-state index is 12.6. The normalized spacial score (nSPS) is 11.0. The summed E-state index contributed by atoms with van der Waals surface area (Å²) in [6, 6.07) is 17.7. The largest absolute Gasteiger partial charge is 0.496 e. The molecule has 0 amide bonds. The van der Waals surface area contributed by atoms with Gasteiger partial charge in [-0.1, -0.05) is 30.3 Å². The summed E-state index contributed by atoms with van der Waals surface area (Å²) in [5.41, 5.74) is 0.0314. The zero-order chi connectivity index (χ0) is 21.7. The topological polar surface area (TPSA) is 113 Å². The van der Waals surface area contributed by atoms with Crippen LogP contribution in [0.4, 0.5) is 5.69 Å². The van der Waals surface area contributed by atoms with E-state index in [0.717, 1.165) is 6.07 Å². The number of benzene rings is 3. The summed E-state index contributed by atoms with van der Waals surface area (Å²) < 4.78 is 35.2. The van der Waals surface area contributed by atoms with E-state index in [1.807, 2.05) is 0 Å². The molecule has 0 aromatic heterocycles. The summed E-state index contributed by atoms with van der Waals surface area (Å²) in [7, 11) is -2.23. The Morgan fingerprint density at radius 2 is 1.73 bits per heavy atom. The van der Waals surface area contributed by atoms with Gasteiger partial charge in [-0.25, -0.2) is 13.2 Å². The summed E-state index contributed by atoms with van der Waals surface area (Å²) in [5.74, 6) is -1.15. The van der Waals surface area contributed by atoms with Gasteiger partial charge in [0.05, 0.1) is 34.3 Å². The van der Waals surface area contributed by atoms with E-state index in [-0.39, 0.29) is 27.7 Å². The summed E-state index contributed by atoms with van der Waals surface area (Å²) in [6.07, 6.45) is 0. The Morgan fingerprint density at radius 1 is 1.00 bits per heavy atom. The zero-order valence-electron chi connectivity index (χ0n) is 15.8. The van der Waals surface area contributed by atoms with E-state index in [1.165, 1.54) is 49.6 Å². The lowest BCUT2D eigenvalue weighted by molar-refractivity contribution is -0.385. The third kappa shape index (κ3) is 4.81. The lowest BCUT2D eigenvalue weighted by atomic mass is 10.1. The lowest BCUT2D eigenvalue weighted by Gasteiger charge is -2.08. The number of nitrogens with zero attached hydrogens (tertiary/aromatic N) is 1. The Balaban J connectivity index is 1.83. The highest BCUT2D eigenvalue weighted by Crippen LogP contribution is 2.31. The van der Waals surface area contributed by atoms with E-state index in [9.17, 15) is 23.3 Å². The monoisotopic (exact) mass is 427 g/mol. The van der Waals surface area contributed by atoms with E-state index in [0.29, 0.717) is 5.56 Å². The third-order valence-electron chi connectivity index (χ3n) is 4.19. The lowest BCUT2D eigenvalue weighted by Crippen LogP contribution is -2.11. The molecule has 0 heterocycles. The van der Waals surface area contributed by atoms with Gasteiger partial charge in [0.15, 0.2) is 9.84 Å². The van der Waals surface area contributed by atoms with Crippen molar-refractivity contribution < 1.29 is 27.6 Å². The molecule has 0 unspecified atom stereocenters. The first-order valence-corrected chi connectivity index (χ1v) is 10.4. The van der Waals surface area contributed by atoms with Crippen molar-refractivity contribution in [1.82, 2.24) is 0 Å². The Hall–Kier alpha value is -3.72. The highest BCUT2D eigenvalue weighted by Gasteiger charge is 2.21. The minimum atomic E-state index is -3.60. The number of methoxy groups -OCH3 is 1. The number of nitro benzene ring substituents is 1. The minimum absolute atomic E-state index is 0.0703. The average molecular weight is 427 g/mol. The van der Waals surface area contributed by atoms with Gasteiger partial charge in [0.25, 0.3) is 0 Å². The van der Waals surface area contributed by atoms with Crippen LogP contribution in [0.2, 0.25) is 0 Å². The highest BCUT2D eigenvalue weighted by molar-refractivity contribution is 7.90. The molecule has 0 atom stereocenters. The van der Waals surface area contributed by atoms with Crippen LogP contribution in [0.1, 0.15) is 15.9 Å². The van der Waals surface area contributed by atoms with E-state index in [4.69, 9.17) is 9.47 Å². The maximum Gasteiger partial charge on any atom is 0.343 e. The molecule has 0 spiro atoms. The van der Waals surface area contributed by atoms with Crippen LogP contribution in [0.3, 0.4) is 0 Å². The molecule has 0 radical (unpaired) electrons. The van der Waals surface area contributed by atoms with Crippen molar-refractivity contribution in [2.24, 2.45) is 0 Å². The minimum Gasteiger partial charge on any atom is -0.496 e. The SMILES string of the molecule is COc1ccc(OC(=O)c2cccc(CS(=O)(=O)c3ccccc3)c2)c([N+](=O)[O-])c1. The number of nitro groups is 1. The predicted octanol–water partition coefficient (Wildman–Crippen LogP) is 3.80. The van der Waals surface area contributed by atoms with E-state index >= 15 is 0 Å². The summed E-state index contributed by atoms with van der Waals surface area (Å²) in [5, 5.41) is 11.2. The van der Waals surface area contributed by atoms with Gasteiger partial charge in [-0.3, -0.25) is 10.1 Å². The molecule has 8 nitrogen and oxygen atoms in total.